The van der Waals surface area contributed by atoms with Gasteiger partial charge in [0.25, 0.3) is 0 Å². The van der Waals surface area contributed by atoms with E-state index >= 15 is 0 Å². The van der Waals surface area contributed by atoms with Crippen molar-refractivity contribution in [1.29, 1.82) is 0 Å². The van der Waals surface area contributed by atoms with E-state index in [1.807, 2.05) is 0 Å². The molecule has 0 aliphatic rings. The molecule has 0 fully saturated rings. The van der Waals surface area contributed by atoms with Crippen LogP contribution < -0.4 is 0 Å². The number of carbonyl (C=O) groups is 2. The van der Waals surface area contributed by atoms with Crippen LogP contribution in [0.25, 0.3) is 0 Å². The number of hydrogen-bond acceptors (Lipinski definition) is 4. The zero-order valence-corrected chi connectivity index (χ0v) is 9.98. The third-order valence-corrected chi connectivity index (χ3v) is 2.72. The first-order chi connectivity index (χ1) is 9.11. The van der Waals surface area contributed by atoms with Crippen molar-refractivity contribution < 1.29 is 19.8 Å². The van der Waals surface area contributed by atoms with Crippen molar-refractivity contribution in [3.8, 4) is 5.75 Å². The minimum Gasteiger partial charge on any atom is -0.507 e. The molecule has 0 radical (unpaired) electrons. The van der Waals surface area contributed by atoms with E-state index in [0.717, 1.165) is 0 Å². The lowest BCUT2D eigenvalue weighted by molar-refractivity contribution is 0.0626. The SMILES string of the molecule is O=C(c1ccccc1)C(O)C(=O)c1ccccc1O. The zero-order valence-electron chi connectivity index (χ0n) is 9.98. The van der Waals surface area contributed by atoms with Crippen LogP contribution in [0, 0.1) is 0 Å². The maximum atomic E-state index is 11.9. The van der Waals surface area contributed by atoms with E-state index in [-0.39, 0.29) is 16.9 Å². The topological polar surface area (TPSA) is 74.6 Å². The van der Waals surface area contributed by atoms with Crippen LogP contribution in [0.2, 0.25) is 0 Å². The average molecular weight is 256 g/mol. The third kappa shape index (κ3) is 2.69. The molecule has 4 heteroatoms. The van der Waals surface area contributed by atoms with Gasteiger partial charge in [0.05, 0.1) is 5.56 Å². The summed E-state index contributed by atoms with van der Waals surface area (Å²) in [5.74, 6) is -1.76. The number of phenolic OH excluding ortho intramolecular Hbond substituents is 1. The number of Topliss-reactive ketones (excluding diaryl/α,β-unsaturated/α-hetero) is 2. The Balaban J connectivity index is 2.26. The smallest absolute Gasteiger partial charge is 0.202 e. The van der Waals surface area contributed by atoms with E-state index in [4.69, 9.17) is 0 Å². The van der Waals surface area contributed by atoms with Crippen LogP contribution in [0.1, 0.15) is 20.7 Å². The number of ketones is 2. The van der Waals surface area contributed by atoms with Gasteiger partial charge in [0.2, 0.25) is 5.78 Å². The first-order valence-corrected chi connectivity index (χ1v) is 5.71. The molecule has 0 aliphatic carbocycles. The van der Waals surface area contributed by atoms with Gasteiger partial charge in [0.15, 0.2) is 11.9 Å². The van der Waals surface area contributed by atoms with Crippen molar-refractivity contribution in [3.05, 3.63) is 65.7 Å². The number of phenols is 1. The van der Waals surface area contributed by atoms with Crippen molar-refractivity contribution in [2.75, 3.05) is 0 Å². The lowest BCUT2D eigenvalue weighted by atomic mass is 9.98. The maximum absolute atomic E-state index is 11.9. The van der Waals surface area contributed by atoms with Gasteiger partial charge in [-0.05, 0) is 12.1 Å². The molecule has 2 N–H and O–H groups in total. The first-order valence-electron chi connectivity index (χ1n) is 5.71. The molecule has 4 nitrogen and oxygen atoms in total. The second-order valence-electron chi connectivity index (χ2n) is 4.01. The molecule has 1 atom stereocenters. The summed E-state index contributed by atoms with van der Waals surface area (Å²) in [6.45, 7) is 0. The fraction of sp³-hybridized carbons (Fsp3) is 0.0667. The summed E-state index contributed by atoms with van der Waals surface area (Å²) in [6.07, 6.45) is -1.81. The van der Waals surface area contributed by atoms with Gasteiger partial charge in [-0.15, -0.1) is 0 Å². The number of hydrogen-bond donors (Lipinski definition) is 2. The van der Waals surface area contributed by atoms with Crippen LogP contribution in [0.3, 0.4) is 0 Å². The van der Waals surface area contributed by atoms with Gasteiger partial charge in [0.1, 0.15) is 5.75 Å². The molecule has 0 saturated heterocycles. The molecule has 1 unspecified atom stereocenters. The van der Waals surface area contributed by atoms with Crippen LogP contribution in [0.4, 0.5) is 0 Å². The number of aliphatic hydroxyl groups excluding tert-OH is 1. The molecule has 0 heterocycles. The second kappa shape index (κ2) is 5.46. The predicted molar refractivity (Wildman–Crippen MR) is 69.2 cm³/mol. The summed E-state index contributed by atoms with van der Waals surface area (Å²) in [4.78, 5) is 23.9. The van der Waals surface area contributed by atoms with Gasteiger partial charge in [-0.3, -0.25) is 9.59 Å². The average Bonchev–Trinajstić information content (AvgIpc) is 2.46. The summed E-state index contributed by atoms with van der Waals surface area (Å²) >= 11 is 0. The fourth-order valence-electron chi connectivity index (χ4n) is 1.71. The molecule has 2 rings (SSSR count). The van der Waals surface area contributed by atoms with Crippen molar-refractivity contribution in [1.82, 2.24) is 0 Å². The number of rotatable bonds is 4. The van der Waals surface area contributed by atoms with E-state index in [9.17, 15) is 19.8 Å². The largest absolute Gasteiger partial charge is 0.507 e. The number of carbonyl (C=O) groups excluding carboxylic acids is 2. The van der Waals surface area contributed by atoms with Crippen LogP contribution in [0.5, 0.6) is 5.75 Å². The van der Waals surface area contributed by atoms with Crippen molar-refractivity contribution >= 4 is 11.6 Å². The summed E-state index contributed by atoms with van der Waals surface area (Å²) in [6, 6.07) is 13.8. The highest BCUT2D eigenvalue weighted by atomic mass is 16.3. The molecule has 19 heavy (non-hydrogen) atoms. The fourth-order valence-corrected chi connectivity index (χ4v) is 1.71. The number of benzene rings is 2. The maximum Gasteiger partial charge on any atom is 0.202 e. The lowest BCUT2D eigenvalue weighted by Crippen LogP contribution is -2.30. The molecule has 0 aromatic heterocycles. The highest BCUT2D eigenvalue weighted by molar-refractivity contribution is 6.19. The van der Waals surface area contributed by atoms with Gasteiger partial charge in [0, 0.05) is 5.56 Å². The second-order valence-corrected chi connectivity index (χ2v) is 4.01. The van der Waals surface area contributed by atoms with E-state index in [1.54, 1.807) is 30.3 Å². The molecule has 0 saturated carbocycles. The Morgan fingerprint density at radius 3 is 2.05 bits per heavy atom. The van der Waals surface area contributed by atoms with Crippen molar-refractivity contribution in [2.24, 2.45) is 0 Å². The van der Waals surface area contributed by atoms with E-state index in [1.165, 1.54) is 24.3 Å². The predicted octanol–water partition coefficient (Wildman–Crippen LogP) is 1.82. The summed E-state index contributed by atoms with van der Waals surface area (Å²) in [5.41, 5.74) is 0.179. The monoisotopic (exact) mass is 256 g/mol. The number of para-hydroxylation sites is 1. The Morgan fingerprint density at radius 1 is 0.842 bits per heavy atom. The summed E-state index contributed by atoms with van der Waals surface area (Å²) in [7, 11) is 0. The Morgan fingerprint density at radius 2 is 1.42 bits per heavy atom. The van der Waals surface area contributed by atoms with Gasteiger partial charge in [-0.1, -0.05) is 42.5 Å². The van der Waals surface area contributed by atoms with Crippen LogP contribution in [-0.2, 0) is 0 Å². The molecule has 0 spiro atoms. The number of aliphatic hydroxyl groups is 1. The van der Waals surface area contributed by atoms with Gasteiger partial charge >= 0.3 is 0 Å². The van der Waals surface area contributed by atoms with Crippen LogP contribution in [0.15, 0.2) is 54.6 Å². The van der Waals surface area contributed by atoms with Crippen LogP contribution in [-0.4, -0.2) is 27.9 Å². The Kier molecular flexibility index (Phi) is 3.73. The minimum atomic E-state index is -1.81. The highest BCUT2D eigenvalue weighted by Crippen LogP contribution is 2.18. The lowest BCUT2D eigenvalue weighted by Gasteiger charge is -2.09. The molecule has 96 valence electrons. The quantitative estimate of drug-likeness (QED) is 0.646. The zero-order chi connectivity index (χ0) is 13.8. The van der Waals surface area contributed by atoms with Gasteiger partial charge in [-0.2, -0.15) is 0 Å². The minimum absolute atomic E-state index is 0.0701. The Labute approximate surface area is 109 Å². The van der Waals surface area contributed by atoms with E-state index < -0.39 is 17.7 Å². The van der Waals surface area contributed by atoms with E-state index in [2.05, 4.69) is 0 Å². The molecule has 0 amide bonds. The molecule has 2 aromatic carbocycles. The van der Waals surface area contributed by atoms with Crippen molar-refractivity contribution in [2.45, 2.75) is 6.10 Å². The molecule has 0 aliphatic heterocycles. The third-order valence-electron chi connectivity index (χ3n) is 2.72. The highest BCUT2D eigenvalue weighted by Gasteiger charge is 2.27. The molecule has 2 aromatic rings. The molecule has 0 bridgehead atoms. The van der Waals surface area contributed by atoms with Crippen LogP contribution >= 0.6 is 0 Å². The van der Waals surface area contributed by atoms with Gasteiger partial charge < -0.3 is 10.2 Å². The standard InChI is InChI=1S/C15H12O4/c16-12-9-5-4-8-11(12)14(18)15(19)13(17)10-6-2-1-3-7-10/h1-9,15-16,19H. The normalized spacial score (nSPS) is 11.8. The Bertz CT molecular complexity index is 605. The van der Waals surface area contributed by atoms with Gasteiger partial charge in [-0.25, -0.2) is 0 Å². The summed E-state index contributed by atoms with van der Waals surface area (Å²) in [5, 5.41) is 19.3. The Hall–Kier alpha value is -2.46. The van der Waals surface area contributed by atoms with E-state index in [0.29, 0.717) is 0 Å². The summed E-state index contributed by atoms with van der Waals surface area (Å²) < 4.78 is 0. The van der Waals surface area contributed by atoms with Crippen molar-refractivity contribution in [3.63, 3.8) is 0 Å². The molecular formula is C15H12O4. The number of aromatic hydroxyl groups is 1. The first kappa shape index (κ1) is 13.0. The molecular weight excluding hydrogens is 244 g/mol.